The number of carboxylic acid groups (broad SMARTS) is 1. The minimum atomic E-state index is -1.15. The van der Waals surface area contributed by atoms with E-state index >= 15 is 0 Å². The summed E-state index contributed by atoms with van der Waals surface area (Å²) in [6, 6.07) is 7.90. The van der Waals surface area contributed by atoms with Crippen molar-refractivity contribution in [3.63, 3.8) is 0 Å². The normalized spacial score (nSPS) is 40.9. The van der Waals surface area contributed by atoms with Crippen molar-refractivity contribution >= 4 is 29.3 Å². The summed E-state index contributed by atoms with van der Waals surface area (Å²) >= 11 is 6.15. The number of ether oxygens (including phenoxy) is 1. The molecule has 7 nitrogen and oxygen atoms in total. The van der Waals surface area contributed by atoms with Crippen molar-refractivity contribution in [3.8, 4) is 0 Å². The van der Waals surface area contributed by atoms with Crippen LogP contribution in [-0.4, -0.2) is 58.6 Å². The number of rotatable bonds is 10. The van der Waals surface area contributed by atoms with Crippen LogP contribution in [0.25, 0.3) is 0 Å². The second-order valence-corrected chi connectivity index (χ2v) is 21.0. The summed E-state index contributed by atoms with van der Waals surface area (Å²) in [6.45, 7) is 18.7. The molecular formula is C45H64ClNO6. The maximum absolute atomic E-state index is 14.1. The highest BCUT2D eigenvalue weighted by Crippen LogP contribution is 2.87. The number of carboxylic acids is 1. The number of halogens is 1. The maximum atomic E-state index is 14.1. The SMILES string of the molecule is CC(C)C1=C2[C@H]3CC[C@H]4[C@@](C)(CC[C@@]56CC5(C)[C@@H](OC(=O)CC(C)(C)C(=O)O)CC[C@]46C)C3(C)CCC2(C(O)CN(C)Cc2ccc(Cl)cc2)CC1=O. The highest BCUT2D eigenvalue weighted by atomic mass is 35.5. The molecule has 8 heteroatoms. The monoisotopic (exact) mass is 749 g/mol. The minimum Gasteiger partial charge on any atom is -0.481 e. The number of likely N-dealkylation sites (N-methyl/N-ethyl adjacent to an activating group) is 1. The summed E-state index contributed by atoms with van der Waals surface area (Å²) in [7, 11) is 2.06. The van der Waals surface area contributed by atoms with Gasteiger partial charge >= 0.3 is 11.9 Å². The van der Waals surface area contributed by atoms with Crippen LogP contribution in [0.2, 0.25) is 5.02 Å². The Morgan fingerprint density at radius 1 is 0.943 bits per heavy atom. The highest BCUT2D eigenvalue weighted by Gasteiger charge is 2.82. The molecule has 6 aliphatic rings. The van der Waals surface area contributed by atoms with Gasteiger partial charge in [0.05, 0.1) is 17.9 Å². The van der Waals surface area contributed by atoms with Gasteiger partial charge in [-0.15, -0.1) is 0 Å². The van der Waals surface area contributed by atoms with Gasteiger partial charge in [-0.2, -0.15) is 0 Å². The summed E-state index contributed by atoms with van der Waals surface area (Å²) < 4.78 is 6.21. The fraction of sp³-hybridized carbons (Fsp3) is 0.756. The van der Waals surface area contributed by atoms with E-state index in [9.17, 15) is 24.6 Å². The first-order valence-electron chi connectivity index (χ1n) is 20.4. The van der Waals surface area contributed by atoms with E-state index in [1.54, 1.807) is 13.8 Å². The van der Waals surface area contributed by atoms with Crippen molar-refractivity contribution in [3.05, 3.63) is 46.0 Å². The molecule has 53 heavy (non-hydrogen) atoms. The third-order valence-corrected chi connectivity index (χ3v) is 17.6. The lowest BCUT2D eigenvalue weighted by Gasteiger charge is -2.71. The third-order valence-electron chi connectivity index (χ3n) is 17.3. The standard InChI is InChI=1S/C45H64ClNO6/c1-27(2)36-31(48)22-44(33(49)25-47(9)24-28-10-12-29(46)13-11-28)20-18-40(5)30(37(36)44)14-15-32-41(40,6)19-21-45-26-43(45,8)34(16-17-42(32,45)7)53-35(50)23-39(3,4)38(51)52/h10-13,27,30,32-34,49H,14-26H2,1-9H3,(H,51,52)/t30-,32+,33?,34+,40?,41-,42-,43?,44?,45+/m1/s1. The van der Waals surface area contributed by atoms with Gasteiger partial charge in [0.15, 0.2) is 5.78 Å². The first-order chi connectivity index (χ1) is 24.6. The first-order valence-corrected chi connectivity index (χ1v) is 20.8. The second kappa shape index (κ2) is 12.6. The van der Waals surface area contributed by atoms with Gasteiger partial charge in [0.1, 0.15) is 6.10 Å². The van der Waals surface area contributed by atoms with Crippen molar-refractivity contribution in [1.82, 2.24) is 4.90 Å². The van der Waals surface area contributed by atoms with Crippen LogP contribution in [0.15, 0.2) is 35.4 Å². The molecule has 10 atom stereocenters. The molecule has 0 heterocycles. The lowest BCUT2D eigenvalue weighted by Crippen LogP contribution is -2.65. The minimum absolute atomic E-state index is 0.00389. The molecule has 0 saturated heterocycles. The number of ketones is 1. The zero-order chi connectivity index (χ0) is 38.7. The fourth-order valence-corrected chi connectivity index (χ4v) is 14.3. The number of aliphatic hydroxyl groups excluding tert-OH is 1. The number of allylic oxidation sites excluding steroid dienone is 1. The smallest absolute Gasteiger partial charge is 0.309 e. The number of hydrogen-bond acceptors (Lipinski definition) is 6. The van der Waals surface area contributed by atoms with Crippen LogP contribution in [0, 0.1) is 55.7 Å². The molecule has 2 N–H and O–H groups in total. The van der Waals surface area contributed by atoms with Crippen molar-refractivity contribution in [2.24, 2.45) is 55.7 Å². The summed E-state index contributed by atoms with van der Waals surface area (Å²) in [5.74, 6) is -0.247. The zero-order valence-corrected chi connectivity index (χ0v) is 34.5. The number of Topliss-reactive ketones (excluding diaryl/α,β-unsaturated/α-hetero) is 1. The molecule has 4 unspecified atom stereocenters. The molecule has 1 spiro atoms. The van der Waals surface area contributed by atoms with Crippen LogP contribution in [0.5, 0.6) is 0 Å². The van der Waals surface area contributed by atoms with Crippen LogP contribution < -0.4 is 0 Å². The largest absolute Gasteiger partial charge is 0.481 e. The van der Waals surface area contributed by atoms with Gasteiger partial charge in [-0.3, -0.25) is 19.3 Å². The lowest BCUT2D eigenvalue weighted by atomic mass is 9.33. The number of hydrogen-bond donors (Lipinski definition) is 2. The fourth-order valence-electron chi connectivity index (χ4n) is 14.2. The number of esters is 1. The van der Waals surface area contributed by atoms with E-state index in [1.165, 1.54) is 5.57 Å². The quantitative estimate of drug-likeness (QED) is 0.230. The molecule has 7 rings (SSSR count). The van der Waals surface area contributed by atoms with Crippen molar-refractivity contribution in [2.45, 2.75) is 145 Å². The predicted molar refractivity (Wildman–Crippen MR) is 207 cm³/mol. The molecule has 1 aromatic rings. The van der Waals surface area contributed by atoms with Crippen molar-refractivity contribution in [2.75, 3.05) is 13.6 Å². The topological polar surface area (TPSA) is 104 Å². The molecule has 0 radical (unpaired) electrons. The number of carbonyl (C=O) groups excluding carboxylic acids is 2. The van der Waals surface area contributed by atoms with Gasteiger partial charge in [0, 0.05) is 35.4 Å². The van der Waals surface area contributed by atoms with Gasteiger partial charge in [-0.1, -0.05) is 70.8 Å². The van der Waals surface area contributed by atoms with E-state index in [-0.39, 0.29) is 57.2 Å². The van der Waals surface area contributed by atoms with E-state index in [1.807, 2.05) is 24.3 Å². The zero-order valence-electron chi connectivity index (χ0n) is 33.7. The van der Waals surface area contributed by atoms with Crippen molar-refractivity contribution in [1.29, 1.82) is 0 Å². The maximum Gasteiger partial charge on any atom is 0.309 e. The van der Waals surface area contributed by atoms with E-state index in [0.717, 1.165) is 68.9 Å². The second-order valence-electron chi connectivity index (χ2n) is 20.6. The Labute approximate surface area is 322 Å². The Morgan fingerprint density at radius 2 is 1.60 bits per heavy atom. The Balaban J connectivity index is 1.15. The first kappa shape index (κ1) is 39.0. The summed E-state index contributed by atoms with van der Waals surface area (Å²) in [4.78, 5) is 41.2. The Kier molecular flexibility index (Phi) is 9.31. The number of nitrogens with zero attached hydrogens (tertiary/aromatic N) is 1. The molecule has 0 bridgehead atoms. The molecule has 5 saturated carbocycles. The van der Waals surface area contributed by atoms with Gasteiger partial charge in [0.25, 0.3) is 0 Å². The highest BCUT2D eigenvalue weighted by molar-refractivity contribution is 6.30. The Hall–Kier alpha value is -2.22. The van der Waals surface area contributed by atoms with Crippen LogP contribution in [0.3, 0.4) is 0 Å². The molecule has 0 aromatic heterocycles. The molecule has 0 amide bonds. The van der Waals surface area contributed by atoms with Crippen LogP contribution in [0.1, 0.15) is 132 Å². The molecule has 6 aliphatic carbocycles. The van der Waals surface area contributed by atoms with Crippen LogP contribution >= 0.6 is 11.6 Å². The predicted octanol–water partition coefficient (Wildman–Crippen LogP) is 9.28. The Morgan fingerprint density at radius 3 is 2.25 bits per heavy atom. The average Bonchev–Trinajstić information content (AvgIpc) is 3.59. The average molecular weight is 750 g/mol. The van der Waals surface area contributed by atoms with E-state index in [4.69, 9.17) is 16.3 Å². The van der Waals surface area contributed by atoms with E-state index in [2.05, 4.69) is 53.5 Å². The molecular weight excluding hydrogens is 686 g/mol. The number of carbonyl (C=O) groups is 3. The van der Waals surface area contributed by atoms with Gasteiger partial charge in [0.2, 0.25) is 0 Å². The molecule has 1 aromatic carbocycles. The Bertz CT molecular complexity index is 1720. The van der Waals surface area contributed by atoms with E-state index in [0.29, 0.717) is 30.5 Å². The summed E-state index contributed by atoms with van der Waals surface area (Å²) in [6.07, 6.45) is 8.55. The van der Waals surface area contributed by atoms with Gasteiger partial charge < -0.3 is 14.9 Å². The van der Waals surface area contributed by atoms with E-state index < -0.39 is 28.9 Å². The summed E-state index contributed by atoms with van der Waals surface area (Å²) in [5.41, 5.74) is 1.95. The van der Waals surface area contributed by atoms with Crippen molar-refractivity contribution < 1.29 is 29.3 Å². The molecule has 5 fully saturated rings. The number of fused-ring (bicyclic) bond motifs is 6. The third kappa shape index (κ3) is 5.50. The summed E-state index contributed by atoms with van der Waals surface area (Å²) in [5, 5.41) is 22.7. The number of aliphatic carboxylic acids is 1. The molecule has 0 aliphatic heterocycles. The van der Waals surface area contributed by atoms with Crippen LogP contribution in [0.4, 0.5) is 0 Å². The molecule has 292 valence electrons. The van der Waals surface area contributed by atoms with Gasteiger partial charge in [-0.05, 0) is 141 Å². The number of benzene rings is 1. The van der Waals surface area contributed by atoms with Crippen LogP contribution in [-0.2, 0) is 25.7 Å². The number of aliphatic hydroxyl groups is 1. The lowest BCUT2D eigenvalue weighted by molar-refractivity contribution is -0.220. The van der Waals surface area contributed by atoms with Gasteiger partial charge in [-0.25, -0.2) is 0 Å².